The van der Waals surface area contributed by atoms with Gasteiger partial charge in [-0.05, 0) is 25.0 Å². The van der Waals surface area contributed by atoms with Gasteiger partial charge in [-0.1, -0.05) is 19.3 Å². The molecule has 2 fully saturated rings. The van der Waals surface area contributed by atoms with E-state index in [4.69, 9.17) is 0 Å². The third-order valence-corrected chi connectivity index (χ3v) is 7.47. The fourth-order valence-corrected chi connectivity index (χ4v) is 5.61. The lowest BCUT2D eigenvalue weighted by atomic mass is 9.88. The van der Waals surface area contributed by atoms with E-state index >= 15 is 0 Å². The molecule has 140 valence electrons. The van der Waals surface area contributed by atoms with E-state index in [0.29, 0.717) is 37.2 Å². The molecule has 0 radical (unpaired) electrons. The molecular formula is C18H24N4O3S. The molecule has 1 saturated carbocycles. The van der Waals surface area contributed by atoms with Gasteiger partial charge in [-0.15, -0.1) is 0 Å². The van der Waals surface area contributed by atoms with Gasteiger partial charge in [0.2, 0.25) is 15.9 Å². The van der Waals surface area contributed by atoms with Crippen LogP contribution in [0, 0.1) is 5.92 Å². The van der Waals surface area contributed by atoms with Crippen molar-refractivity contribution >= 4 is 27.0 Å². The van der Waals surface area contributed by atoms with E-state index < -0.39 is 10.0 Å². The van der Waals surface area contributed by atoms with Gasteiger partial charge in [-0.3, -0.25) is 4.79 Å². The second-order valence-electron chi connectivity index (χ2n) is 7.12. The average Bonchev–Trinajstić information content (AvgIpc) is 3.13. The first-order chi connectivity index (χ1) is 12.6. The van der Waals surface area contributed by atoms with Crippen LogP contribution in [0.15, 0.2) is 29.4 Å². The van der Waals surface area contributed by atoms with Gasteiger partial charge in [0.1, 0.15) is 10.5 Å². The predicted octanol–water partition coefficient (Wildman–Crippen LogP) is 1.98. The summed E-state index contributed by atoms with van der Waals surface area (Å²) in [6.45, 7) is 1.62. The van der Waals surface area contributed by atoms with E-state index in [-0.39, 0.29) is 16.7 Å². The zero-order valence-electron chi connectivity index (χ0n) is 14.7. The number of nitrogens with one attached hydrogen (secondary N) is 1. The summed E-state index contributed by atoms with van der Waals surface area (Å²) in [5.41, 5.74) is 0.567. The number of fused-ring (bicyclic) bond motifs is 1. The van der Waals surface area contributed by atoms with Crippen molar-refractivity contribution in [2.75, 3.05) is 26.2 Å². The van der Waals surface area contributed by atoms with Crippen molar-refractivity contribution < 1.29 is 13.2 Å². The van der Waals surface area contributed by atoms with Gasteiger partial charge in [-0.2, -0.15) is 4.31 Å². The Morgan fingerprint density at radius 1 is 1.12 bits per heavy atom. The van der Waals surface area contributed by atoms with Gasteiger partial charge >= 0.3 is 0 Å². The molecule has 1 aliphatic carbocycles. The molecule has 1 saturated heterocycles. The molecule has 4 rings (SSSR count). The van der Waals surface area contributed by atoms with Crippen molar-refractivity contribution in [2.45, 2.75) is 37.0 Å². The first-order valence-corrected chi connectivity index (χ1v) is 10.7. The van der Waals surface area contributed by atoms with Crippen molar-refractivity contribution in [3.05, 3.63) is 24.5 Å². The standard InChI is InChI=1S/C18H24N4O3S/c23-18(14-5-2-1-3-6-14)21-9-11-22(12-10-21)26(24,25)16-13-20-17-15(16)7-4-8-19-17/h4,7-8,13-14H,1-3,5-6,9-12H2,(H,19,20). The Balaban J connectivity index is 1.46. The van der Waals surface area contributed by atoms with Crippen LogP contribution in [0.5, 0.6) is 0 Å². The zero-order valence-corrected chi connectivity index (χ0v) is 15.5. The minimum absolute atomic E-state index is 0.131. The average molecular weight is 376 g/mol. The quantitative estimate of drug-likeness (QED) is 0.887. The Kier molecular flexibility index (Phi) is 4.71. The van der Waals surface area contributed by atoms with E-state index in [1.807, 2.05) is 4.90 Å². The maximum Gasteiger partial charge on any atom is 0.245 e. The number of pyridine rings is 1. The summed E-state index contributed by atoms with van der Waals surface area (Å²) in [5.74, 6) is 0.338. The van der Waals surface area contributed by atoms with Crippen LogP contribution in [0.3, 0.4) is 0 Å². The second kappa shape index (κ2) is 7.00. The monoisotopic (exact) mass is 376 g/mol. The molecule has 1 amide bonds. The van der Waals surface area contributed by atoms with Gasteiger partial charge in [0, 0.05) is 49.9 Å². The topological polar surface area (TPSA) is 86.4 Å². The molecule has 26 heavy (non-hydrogen) atoms. The fraction of sp³-hybridized carbons (Fsp3) is 0.556. The van der Waals surface area contributed by atoms with Gasteiger partial charge in [-0.25, -0.2) is 13.4 Å². The molecular weight excluding hydrogens is 352 g/mol. The number of aromatic amines is 1. The largest absolute Gasteiger partial charge is 0.345 e. The van der Waals surface area contributed by atoms with Crippen LogP contribution in [-0.4, -0.2) is 59.7 Å². The molecule has 0 spiro atoms. The number of hydrogen-bond acceptors (Lipinski definition) is 4. The highest BCUT2D eigenvalue weighted by atomic mass is 32.2. The van der Waals surface area contributed by atoms with E-state index in [0.717, 1.165) is 25.7 Å². The van der Waals surface area contributed by atoms with Crippen molar-refractivity contribution in [2.24, 2.45) is 5.92 Å². The van der Waals surface area contributed by atoms with Crippen molar-refractivity contribution in [3.8, 4) is 0 Å². The number of nitrogens with zero attached hydrogens (tertiary/aromatic N) is 3. The number of piperazine rings is 1. The minimum atomic E-state index is -3.60. The first-order valence-electron chi connectivity index (χ1n) is 9.28. The Morgan fingerprint density at radius 2 is 1.85 bits per heavy atom. The lowest BCUT2D eigenvalue weighted by Gasteiger charge is -2.36. The number of rotatable bonds is 3. The van der Waals surface area contributed by atoms with E-state index in [1.165, 1.54) is 16.9 Å². The number of hydrogen-bond donors (Lipinski definition) is 1. The minimum Gasteiger partial charge on any atom is -0.345 e. The summed E-state index contributed by atoms with van der Waals surface area (Å²) >= 11 is 0. The number of carbonyl (C=O) groups excluding carboxylic acids is 1. The third kappa shape index (κ3) is 3.12. The maximum atomic E-state index is 13.0. The second-order valence-corrected chi connectivity index (χ2v) is 9.02. The summed E-state index contributed by atoms with van der Waals surface area (Å²) in [6, 6.07) is 3.49. The van der Waals surface area contributed by atoms with Crippen molar-refractivity contribution in [3.63, 3.8) is 0 Å². The molecule has 1 N–H and O–H groups in total. The molecule has 0 atom stereocenters. The van der Waals surface area contributed by atoms with Crippen LogP contribution in [0.1, 0.15) is 32.1 Å². The highest BCUT2D eigenvalue weighted by Gasteiger charge is 2.34. The molecule has 0 unspecified atom stereocenters. The molecule has 1 aliphatic heterocycles. The Morgan fingerprint density at radius 3 is 2.58 bits per heavy atom. The summed E-state index contributed by atoms with van der Waals surface area (Å²) in [5, 5.41) is 0.605. The lowest BCUT2D eigenvalue weighted by molar-refractivity contribution is -0.137. The Labute approximate surface area is 153 Å². The lowest BCUT2D eigenvalue weighted by Crippen LogP contribution is -2.52. The maximum absolute atomic E-state index is 13.0. The SMILES string of the molecule is O=C(C1CCCCC1)N1CCN(S(=O)(=O)c2c[nH]c3ncccc23)CC1. The molecule has 2 aromatic heterocycles. The normalized spacial score (nSPS) is 20.5. The smallest absolute Gasteiger partial charge is 0.245 e. The predicted molar refractivity (Wildman–Crippen MR) is 98.0 cm³/mol. The van der Waals surface area contributed by atoms with Crippen LogP contribution >= 0.6 is 0 Å². The molecule has 0 aromatic carbocycles. The zero-order chi connectivity index (χ0) is 18.1. The van der Waals surface area contributed by atoms with Crippen LogP contribution in [-0.2, 0) is 14.8 Å². The molecule has 2 aromatic rings. The third-order valence-electron chi connectivity index (χ3n) is 5.54. The van der Waals surface area contributed by atoms with Crippen molar-refractivity contribution in [1.29, 1.82) is 0 Å². The molecule has 8 heteroatoms. The number of sulfonamides is 1. The van der Waals surface area contributed by atoms with Crippen LogP contribution in [0.2, 0.25) is 0 Å². The summed E-state index contributed by atoms with van der Waals surface area (Å²) in [6.07, 6.45) is 8.55. The van der Waals surface area contributed by atoms with Gasteiger partial charge in [0.05, 0.1) is 0 Å². The molecule has 3 heterocycles. The Bertz CT molecular complexity index is 894. The van der Waals surface area contributed by atoms with Crippen LogP contribution in [0.25, 0.3) is 11.0 Å². The first kappa shape index (κ1) is 17.5. The molecule has 0 bridgehead atoms. The number of H-pyrrole nitrogens is 1. The number of amides is 1. The van der Waals surface area contributed by atoms with E-state index in [2.05, 4.69) is 9.97 Å². The van der Waals surface area contributed by atoms with E-state index in [9.17, 15) is 13.2 Å². The number of aromatic nitrogens is 2. The van der Waals surface area contributed by atoms with Gasteiger partial charge in [0.25, 0.3) is 0 Å². The highest BCUT2D eigenvalue weighted by molar-refractivity contribution is 7.89. The highest BCUT2D eigenvalue weighted by Crippen LogP contribution is 2.28. The summed E-state index contributed by atoms with van der Waals surface area (Å²) in [7, 11) is -3.60. The Hall–Kier alpha value is -1.93. The van der Waals surface area contributed by atoms with Crippen molar-refractivity contribution in [1.82, 2.24) is 19.2 Å². The van der Waals surface area contributed by atoms with Crippen LogP contribution in [0.4, 0.5) is 0 Å². The van der Waals surface area contributed by atoms with Crippen LogP contribution < -0.4 is 0 Å². The fourth-order valence-electron chi connectivity index (χ4n) is 4.04. The molecule has 7 nitrogen and oxygen atoms in total. The number of carbonyl (C=O) groups is 1. The van der Waals surface area contributed by atoms with Gasteiger partial charge < -0.3 is 9.88 Å². The summed E-state index contributed by atoms with van der Waals surface area (Å²) < 4.78 is 27.5. The summed E-state index contributed by atoms with van der Waals surface area (Å²) in [4.78, 5) is 21.8. The van der Waals surface area contributed by atoms with Gasteiger partial charge in [0.15, 0.2) is 0 Å². The van der Waals surface area contributed by atoms with E-state index in [1.54, 1.807) is 18.3 Å². The molecule has 2 aliphatic rings.